The summed E-state index contributed by atoms with van der Waals surface area (Å²) >= 11 is 0. The first kappa shape index (κ1) is 21.1. The lowest BCUT2D eigenvalue weighted by molar-refractivity contribution is 0.735. The molecule has 21 heavy (non-hydrogen) atoms. The van der Waals surface area contributed by atoms with Crippen LogP contribution < -0.4 is 0 Å². The Bertz CT molecular complexity index is 402. The minimum Gasteiger partial charge on any atom is -0.314 e. The summed E-state index contributed by atoms with van der Waals surface area (Å²) in [6.07, 6.45) is 0. The molecule has 0 aliphatic rings. The van der Waals surface area contributed by atoms with Crippen molar-refractivity contribution >= 4 is 32.8 Å². The molecule has 8 heteroatoms. The van der Waals surface area contributed by atoms with Gasteiger partial charge in [0.15, 0.2) is 8.24 Å². The van der Waals surface area contributed by atoms with Crippen LogP contribution in [-0.2, 0) is 0 Å². The van der Waals surface area contributed by atoms with E-state index in [0.717, 1.165) is 0 Å². The Hall–Kier alpha value is 0.108. The largest absolute Gasteiger partial charge is 0.314 e. The van der Waals surface area contributed by atoms with Crippen LogP contribution in [0.2, 0.25) is 68.4 Å². The van der Waals surface area contributed by atoms with Gasteiger partial charge in [-0.25, -0.2) is 0 Å². The summed E-state index contributed by atoms with van der Waals surface area (Å²) in [6.45, 7) is 22.1. The van der Waals surface area contributed by atoms with Crippen LogP contribution in [0.15, 0.2) is 4.78 Å². The summed E-state index contributed by atoms with van der Waals surface area (Å²) in [7, 11) is -9.17. The summed E-state index contributed by atoms with van der Waals surface area (Å²) in [6, 6.07) is 1.30. The zero-order chi connectivity index (χ0) is 17.3. The molecule has 0 N–H and O–H groups in total. The summed E-state index contributed by atoms with van der Waals surface area (Å²) in [5.41, 5.74) is 9.12. The second-order valence-corrected chi connectivity index (χ2v) is 30.3. The van der Waals surface area contributed by atoms with Crippen LogP contribution >= 0.6 is 0 Å². The van der Waals surface area contributed by atoms with Gasteiger partial charge in [0.1, 0.15) is 0 Å². The van der Waals surface area contributed by atoms with Crippen LogP contribution in [0.3, 0.4) is 0 Å². The second kappa shape index (κ2) is 6.31. The molecular formula is C13H34FN3Si4. The third-order valence-electron chi connectivity index (χ3n) is 5.26. The molecule has 0 aliphatic heterocycles. The van der Waals surface area contributed by atoms with Crippen LogP contribution in [0.5, 0.6) is 0 Å². The quantitative estimate of drug-likeness (QED) is 0.163. The van der Waals surface area contributed by atoms with Crippen molar-refractivity contribution in [2.75, 3.05) is 0 Å². The average molecular weight is 364 g/mol. The predicted molar refractivity (Wildman–Crippen MR) is 104 cm³/mol. The molecule has 0 atom stereocenters. The molecule has 0 unspecified atom stereocenters. The van der Waals surface area contributed by atoms with Gasteiger partial charge in [0.05, 0.1) is 0 Å². The van der Waals surface area contributed by atoms with Gasteiger partial charge in [-0.1, -0.05) is 66.2 Å². The van der Waals surface area contributed by atoms with Crippen molar-refractivity contribution < 1.29 is 4.11 Å². The molecule has 3 nitrogen and oxygen atoms in total. The first-order valence-electron chi connectivity index (χ1n) is 7.93. The number of hydrogen-bond donors (Lipinski definition) is 0. The van der Waals surface area contributed by atoms with Gasteiger partial charge in [0.2, 0.25) is 8.41 Å². The first-order valence-corrected chi connectivity index (χ1v) is 20.2. The van der Waals surface area contributed by atoms with E-state index < -0.39 is 32.8 Å². The fourth-order valence-electron chi connectivity index (χ4n) is 5.82. The number of rotatable bonds is 7. The fraction of sp³-hybridized carbons (Fsp3) is 1.00. The SMILES string of the molecule is CC[Si](F)(CC)C([Si](C)(C)C)([Si](C)(C)C)[Si](C)(C)N=[N+]=[N-]. The molecule has 0 aliphatic carbocycles. The van der Waals surface area contributed by atoms with Crippen molar-refractivity contribution in [2.24, 2.45) is 4.78 Å². The van der Waals surface area contributed by atoms with Gasteiger partial charge in [-0.15, -0.1) is 4.78 Å². The number of hydrogen-bond acceptors (Lipinski definition) is 1. The molecule has 0 aromatic rings. The van der Waals surface area contributed by atoms with E-state index in [9.17, 15) is 0 Å². The Kier molecular flexibility index (Phi) is 6.34. The fourth-order valence-corrected chi connectivity index (χ4v) is 50.2. The lowest BCUT2D eigenvalue weighted by Gasteiger charge is -2.63. The molecule has 0 spiro atoms. The molecule has 0 saturated heterocycles. The molecule has 0 fully saturated rings. The van der Waals surface area contributed by atoms with Gasteiger partial charge in [-0.05, 0) is 26.4 Å². The highest BCUT2D eigenvalue weighted by Gasteiger charge is 2.72. The van der Waals surface area contributed by atoms with Gasteiger partial charge >= 0.3 is 0 Å². The minimum atomic E-state index is -3.00. The molecule has 0 bridgehead atoms. The van der Waals surface area contributed by atoms with E-state index in [1.807, 2.05) is 13.8 Å². The van der Waals surface area contributed by atoms with Crippen LogP contribution in [-0.4, -0.2) is 32.8 Å². The number of halogens is 1. The van der Waals surface area contributed by atoms with Gasteiger partial charge in [-0.3, -0.25) is 0 Å². The monoisotopic (exact) mass is 363 g/mol. The molecule has 0 aromatic heterocycles. The highest BCUT2D eigenvalue weighted by molar-refractivity contribution is 7.28. The Morgan fingerprint density at radius 2 is 1.24 bits per heavy atom. The molecular weight excluding hydrogens is 330 g/mol. The van der Waals surface area contributed by atoms with E-state index in [2.05, 4.69) is 62.1 Å². The summed E-state index contributed by atoms with van der Waals surface area (Å²) in [5.74, 6) is 0. The average Bonchev–Trinajstić information content (AvgIpc) is 2.24. The molecule has 0 saturated carbocycles. The molecule has 124 valence electrons. The number of azide groups is 1. The first-order chi connectivity index (χ1) is 9.18. The maximum absolute atomic E-state index is 16.4. The Morgan fingerprint density at radius 1 is 0.905 bits per heavy atom. The van der Waals surface area contributed by atoms with E-state index in [4.69, 9.17) is 5.53 Å². The summed E-state index contributed by atoms with van der Waals surface area (Å²) in [5, 5.41) is 0. The minimum absolute atomic E-state index is 0.254. The second-order valence-electron chi connectivity index (χ2n) is 8.67. The van der Waals surface area contributed by atoms with Crippen LogP contribution in [0.4, 0.5) is 4.11 Å². The van der Waals surface area contributed by atoms with Crippen molar-refractivity contribution in [3.05, 3.63) is 10.4 Å². The zero-order valence-corrected chi connectivity index (χ0v) is 19.6. The summed E-state index contributed by atoms with van der Waals surface area (Å²) in [4.78, 5) is 3.17. The van der Waals surface area contributed by atoms with E-state index in [1.54, 1.807) is 0 Å². The van der Waals surface area contributed by atoms with Crippen molar-refractivity contribution in [3.63, 3.8) is 0 Å². The van der Waals surface area contributed by atoms with Crippen LogP contribution in [0.1, 0.15) is 13.8 Å². The Morgan fingerprint density at radius 3 is 1.43 bits per heavy atom. The maximum atomic E-state index is 16.4. The third kappa shape index (κ3) is 3.10. The van der Waals surface area contributed by atoms with Gasteiger partial charge < -0.3 is 4.11 Å². The van der Waals surface area contributed by atoms with Gasteiger partial charge in [0.25, 0.3) is 0 Å². The Balaban J connectivity index is 6.96. The maximum Gasteiger partial charge on any atom is 0.244 e. The molecule has 0 rings (SSSR count). The van der Waals surface area contributed by atoms with Crippen molar-refractivity contribution in [1.29, 1.82) is 0 Å². The zero-order valence-electron chi connectivity index (χ0n) is 15.6. The Labute approximate surface area is 134 Å². The lowest BCUT2D eigenvalue weighted by Crippen LogP contribution is -2.76. The molecule has 0 radical (unpaired) electrons. The van der Waals surface area contributed by atoms with Crippen LogP contribution in [0.25, 0.3) is 10.4 Å². The van der Waals surface area contributed by atoms with Crippen molar-refractivity contribution in [2.45, 2.75) is 82.2 Å². The third-order valence-corrected chi connectivity index (χ3v) is 38.8. The van der Waals surface area contributed by atoms with E-state index >= 15 is 4.11 Å². The highest BCUT2D eigenvalue weighted by atomic mass is 28.5. The lowest BCUT2D eigenvalue weighted by atomic mass is 10.9. The van der Waals surface area contributed by atoms with Gasteiger partial charge in [-0.2, -0.15) is 0 Å². The molecule has 0 aromatic carbocycles. The van der Waals surface area contributed by atoms with E-state index in [0.29, 0.717) is 12.1 Å². The predicted octanol–water partition coefficient (Wildman–Crippen LogP) is 6.49. The van der Waals surface area contributed by atoms with Crippen molar-refractivity contribution in [3.8, 4) is 0 Å². The highest BCUT2D eigenvalue weighted by Crippen LogP contribution is 2.62. The standard InChI is InChI=1S/C13H34FN3Si4/c1-11-21(14,12-2)13(18(3,4)5,19(6,7)8)20(9,10)17-16-15/h11-12H2,1-10H3. The van der Waals surface area contributed by atoms with Crippen LogP contribution in [0, 0.1) is 0 Å². The number of nitrogens with zero attached hydrogens (tertiary/aromatic N) is 3. The van der Waals surface area contributed by atoms with Crippen molar-refractivity contribution in [1.82, 2.24) is 0 Å². The van der Waals surface area contributed by atoms with Gasteiger partial charge in [0, 0.05) is 16.1 Å². The van der Waals surface area contributed by atoms with E-state index in [1.165, 1.54) is 0 Å². The summed E-state index contributed by atoms with van der Waals surface area (Å²) < 4.78 is 20.5. The molecule has 0 heterocycles. The normalized spacial score (nSPS) is 14.8. The topological polar surface area (TPSA) is 48.8 Å². The molecule has 0 amide bonds. The smallest absolute Gasteiger partial charge is 0.244 e. The van der Waals surface area contributed by atoms with E-state index in [-0.39, 0.29) is 3.91 Å².